The second kappa shape index (κ2) is 12.6. The van der Waals surface area contributed by atoms with Crippen LogP contribution in [0.25, 0.3) is 0 Å². The molecule has 0 fully saturated rings. The van der Waals surface area contributed by atoms with Gasteiger partial charge in [-0.05, 0) is 26.2 Å². The average Bonchev–Trinajstić information content (AvgIpc) is 2.32. The standard InChI is InChI=1S/C15H29NO2/c1-4-5-6-7-8-9-10-11-12-15(17)16-14(2)13-18-3/h4,14H,1,5-13H2,2-3H3,(H,16,17)/t14-/m0/s1. The van der Waals surface area contributed by atoms with Crippen molar-refractivity contribution in [2.45, 2.75) is 64.3 Å². The van der Waals surface area contributed by atoms with Crippen molar-refractivity contribution in [3.8, 4) is 0 Å². The predicted octanol–water partition coefficient (Wildman–Crippen LogP) is 3.44. The number of carbonyl (C=O) groups excluding carboxylic acids is 1. The molecule has 0 heterocycles. The molecule has 0 aromatic carbocycles. The molecule has 0 radical (unpaired) electrons. The Morgan fingerprint density at radius 3 is 2.44 bits per heavy atom. The molecule has 0 saturated heterocycles. The van der Waals surface area contributed by atoms with Gasteiger partial charge in [-0.15, -0.1) is 6.58 Å². The van der Waals surface area contributed by atoms with Crippen LogP contribution in [0.1, 0.15) is 58.3 Å². The molecule has 1 amide bonds. The molecule has 3 heteroatoms. The molecule has 0 aromatic heterocycles. The smallest absolute Gasteiger partial charge is 0.220 e. The van der Waals surface area contributed by atoms with E-state index >= 15 is 0 Å². The maximum absolute atomic E-state index is 11.5. The topological polar surface area (TPSA) is 38.3 Å². The van der Waals surface area contributed by atoms with E-state index in [2.05, 4.69) is 11.9 Å². The van der Waals surface area contributed by atoms with Crippen LogP contribution in [-0.2, 0) is 9.53 Å². The van der Waals surface area contributed by atoms with Crippen molar-refractivity contribution in [3.63, 3.8) is 0 Å². The first kappa shape index (κ1) is 17.2. The van der Waals surface area contributed by atoms with Crippen molar-refractivity contribution in [1.29, 1.82) is 0 Å². The third-order valence-electron chi connectivity index (χ3n) is 2.89. The Morgan fingerprint density at radius 1 is 1.22 bits per heavy atom. The van der Waals surface area contributed by atoms with Crippen molar-refractivity contribution < 1.29 is 9.53 Å². The molecule has 0 aromatic rings. The maximum atomic E-state index is 11.5. The number of rotatable bonds is 12. The molecule has 0 aliphatic heterocycles. The lowest BCUT2D eigenvalue weighted by Gasteiger charge is -2.12. The summed E-state index contributed by atoms with van der Waals surface area (Å²) in [7, 11) is 1.65. The Bertz CT molecular complexity index is 217. The van der Waals surface area contributed by atoms with E-state index in [0.29, 0.717) is 13.0 Å². The lowest BCUT2D eigenvalue weighted by Crippen LogP contribution is -2.35. The number of methoxy groups -OCH3 is 1. The highest BCUT2D eigenvalue weighted by molar-refractivity contribution is 5.76. The van der Waals surface area contributed by atoms with E-state index in [1.54, 1.807) is 7.11 Å². The number of unbranched alkanes of at least 4 members (excludes halogenated alkanes) is 6. The minimum atomic E-state index is 0.112. The second-order valence-electron chi connectivity index (χ2n) is 4.87. The number of carbonyl (C=O) groups is 1. The zero-order valence-electron chi connectivity index (χ0n) is 12.0. The van der Waals surface area contributed by atoms with Crippen LogP contribution in [-0.4, -0.2) is 25.7 Å². The van der Waals surface area contributed by atoms with Crippen LogP contribution in [0.4, 0.5) is 0 Å². The van der Waals surface area contributed by atoms with Gasteiger partial charge >= 0.3 is 0 Å². The SMILES string of the molecule is C=CCCCCCCCCC(=O)N[C@@H](C)COC. The summed E-state index contributed by atoms with van der Waals surface area (Å²) in [5.74, 6) is 0.145. The van der Waals surface area contributed by atoms with E-state index in [1.807, 2.05) is 13.0 Å². The van der Waals surface area contributed by atoms with Gasteiger partial charge in [0.2, 0.25) is 5.91 Å². The van der Waals surface area contributed by atoms with Crippen molar-refractivity contribution in [3.05, 3.63) is 12.7 Å². The fraction of sp³-hybridized carbons (Fsp3) is 0.800. The first-order valence-corrected chi connectivity index (χ1v) is 7.10. The molecule has 1 N–H and O–H groups in total. The Morgan fingerprint density at radius 2 is 1.83 bits per heavy atom. The zero-order valence-corrected chi connectivity index (χ0v) is 12.0. The third-order valence-corrected chi connectivity index (χ3v) is 2.89. The molecule has 0 rings (SSSR count). The molecule has 0 aliphatic rings. The van der Waals surface area contributed by atoms with Gasteiger partial charge in [0.1, 0.15) is 0 Å². The summed E-state index contributed by atoms with van der Waals surface area (Å²) in [5.41, 5.74) is 0. The summed E-state index contributed by atoms with van der Waals surface area (Å²) in [4.78, 5) is 11.5. The monoisotopic (exact) mass is 255 g/mol. The zero-order chi connectivity index (χ0) is 13.6. The van der Waals surface area contributed by atoms with Gasteiger partial charge < -0.3 is 10.1 Å². The van der Waals surface area contributed by atoms with Crippen molar-refractivity contribution >= 4 is 5.91 Å². The number of nitrogens with one attached hydrogen (secondary N) is 1. The summed E-state index contributed by atoms with van der Waals surface area (Å²) in [6, 6.07) is 0.112. The van der Waals surface area contributed by atoms with Crippen LogP contribution in [0.15, 0.2) is 12.7 Å². The van der Waals surface area contributed by atoms with Gasteiger partial charge in [-0.25, -0.2) is 0 Å². The molecule has 106 valence electrons. The lowest BCUT2D eigenvalue weighted by molar-refractivity contribution is -0.122. The van der Waals surface area contributed by atoms with E-state index in [0.717, 1.165) is 19.3 Å². The van der Waals surface area contributed by atoms with Gasteiger partial charge in [-0.3, -0.25) is 4.79 Å². The van der Waals surface area contributed by atoms with Gasteiger partial charge in [-0.2, -0.15) is 0 Å². The number of hydrogen-bond acceptors (Lipinski definition) is 2. The number of allylic oxidation sites excluding steroid dienone is 1. The van der Waals surface area contributed by atoms with Crippen LogP contribution >= 0.6 is 0 Å². The Balaban J connectivity index is 3.27. The molecular weight excluding hydrogens is 226 g/mol. The molecule has 3 nitrogen and oxygen atoms in total. The fourth-order valence-corrected chi connectivity index (χ4v) is 1.92. The van der Waals surface area contributed by atoms with Gasteiger partial charge in [-0.1, -0.05) is 31.8 Å². The first-order chi connectivity index (χ1) is 8.70. The lowest BCUT2D eigenvalue weighted by atomic mass is 10.1. The summed E-state index contributed by atoms with van der Waals surface area (Å²) in [5, 5.41) is 2.92. The van der Waals surface area contributed by atoms with E-state index in [9.17, 15) is 4.79 Å². The first-order valence-electron chi connectivity index (χ1n) is 7.10. The molecule has 1 atom stereocenters. The molecule has 0 saturated carbocycles. The Labute approximate surface area is 112 Å². The van der Waals surface area contributed by atoms with Crippen LogP contribution in [0.5, 0.6) is 0 Å². The van der Waals surface area contributed by atoms with Crippen molar-refractivity contribution in [2.75, 3.05) is 13.7 Å². The molecule has 0 aliphatic carbocycles. The number of ether oxygens (including phenoxy) is 1. The normalized spacial score (nSPS) is 12.1. The average molecular weight is 255 g/mol. The minimum absolute atomic E-state index is 0.112. The summed E-state index contributed by atoms with van der Waals surface area (Å²) < 4.78 is 4.97. The van der Waals surface area contributed by atoms with Crippen LogP contribution in [0.3, 0.4) is 0 Å². The second-order valence-corrected chi connectivity index (χ2v) is 4.87. The van der Waals surface area contributed by atoms with Crippen LogP contribution in [0, 0.1) is 0 Å². The predicted molar refractivity (Wildman–Crippen MR) is 76.6 cm³/mol. The van der Waals surface area contributed by atoms with Gasteiger partial charge in [0.15, 0.2) is 0 Å². The number of amides is 1. The van der Waals surface area contributed by atoms with E-state index in [1.165, 1.54) is 25.7 Å². The molecule has 0 spiro atoms. The highest BCUT2D eigenvalue weighted by Crippen LogP contribution is 2.08. The Kier molecular flexibility index (Phi) is 12.0. The summed E-state index contributed by atoms with van der Waals surface area (Å²) in [6.45, 7) is 6.25. The molecule has 18 heavy (non-hydrogen) atoms. The minimum Gasteiger partial charge on any atom is -0.383 e. The third kappa shape index (κ3) is 11.6. The van der Waals surface area contributed by atoms with E-state index in [-0.39, 0.29) is 11.9 Å². The van der Waals surface area contributed by atoms with Gasteiger partial charge in [0, 0.05) is 19.6 Å². The van der Waals surface area contributed by atoms with E-state index in [4.69, 9.17) is 4.74 Å². The molecule has 0 unspecified atom stereocenters. The highest BCUT2D eigenvalue weighted by atomic mass is 16.5. The van der Waals surface area contributed by atoms with Crippen LogP contribution < -0.4 is 5.32 Å². The van der Waals surface area contributed by atoms with Crippen LogP contribution in [0.2, 0.25) is 0 Å². The quantitative estimate of drug-likeness (QED) is 0.428. The number of hydrogen-bond donors (Lipinski definition) is 1. The maximum Gasteiger partial charge on any atom is 0.220 e. The van der Waals surface area contributed by atoms with Crippen molar-refractivity contribution in [1.82, 2.24) is 5.32 Å². The fourth-order valence-electron chi connectivity index (χ4n) is 1.92. The highest BCUT2D eigenvalue weighted by Gasteiger charge is 2.05. The Hall–Kier alpha value is -0.830. The molecular formula is C15H29NO2. The largest absolute Gasteiger partial charge is 0.383 e. The van der Waals surface area contributed by atoms with E-state index < -0.39 is 0 Å². The van der Waals surface area contributed by atoms with Gasteiger partial charge in [0.25, 0.3) is 0 Å². The van der Waals surface area contributed by atoms with Crippen molar-refractivity contribution in [2.24, 2.45) is 0 Å². The summed E-state index contributed by atoms with van der Waals surface area (Å²) >= 11 is 0. The molecule has 0 bridgehead atoms. The van der Waals surface area contributed by atoms with Gasteiger partial charge in [0.05, 0.1) is 6.61 Å². The summed E-state index contributed by atoms with van der Waals surface area (Å²) in [6.07, 6.45) is 10.9.